The Hall–Kier alpha value is -4.55. The summed E-state index contributed by atoms with van der Waals surface area (Å²) in [6.45, 7) is 3.68. The number of anilines is 1. The van der Waals surface area contributed by atoms with Crippen LogP contribution < -0.4 is 10.6 Å². The zero-order chi connectivity index (χ0) is 28.2. The van der Waals surface area contributed by atoms with Crippen LogP contribution in [0.3, 0.4) is 0 Å². The van der Waals surface area contributed by atoms with Gasteiger partial charge in [-0.05, 0) is 56.4 Å². The van der Waals surface area contributed by atoms with Gasteiger partial charge in [-0.2, -0.15) is 5.10 Å². The highest BCUT2D eigenvalue weighted by molar-refractivity contribution is 8.04. The number of nitrogens with zero attached hydrogens (tertiary/aromatic N) is 8. The fraction of sp³-hybridized carbons (Fsp3) is 0.207. The van der Waals surface area contributed by atoms with Crippen LogP contribution in [0.15, 0.2) is 84.1 Å². The molecule has 0 spiro atoms. The average Bonchev–Trinajstić information content (AvgIpc) is 3.66. The Morgan fingerprint density at radius 1 is 1.12 bits per heavy atom. The monoisotopic (exact) mass is 567 g/mol. The fourth-order valence-electron chi connectivity index (χ4n) is 5.47. The van der Waals surface area contributed by atoms with E-state index in [9.17, 15) is 9.18 Å². The number of imidazole rings is 2. The second-order valence-corrected chi connectivity index (χ2v) is 11.3. The maximum absolute atomic E-state index is 13.7. The van der Waals surface area contributed by atoms with Crippen LogP contribution in [-0.2, 0) is 4.79 Å². The molecule has 206 valence electrons. The average molecular weight is 568 g/mol. The molecule has 1 unspecified atom stereocenters. The van der Waals surface area contributed by atoms with Crippen LogP contribution in [0, 0.1) is 5.82 Å². The first-order valence-electron chi connectivity index (χ1n) is 13.1. The summed E-state index contributed by atoms with van der Waals surface area (Å²) in [7, 11) is 2.08. The van der Waals surface area contributed by atoms with E-state index in [1.807, 2.05) is 48.6 Å². The summed E-state index contributed by atoms with van der Waals surface area (Å²) in [4.78, 5) is 30.8. The van der Waals surface area contributed by atoms with Crippen LogP contribution in [0.2, 0.25) is 0 Å². The molecule has 1 saturated heterocycles. The number of benzene rings is 1. The number of allylic oxidation sites excluding steroid dienone is 1. The molecule has 0 aliphatic carbocycles. The zero-order valence-electron chi connectivity index (χ0n) is 22.3. The quantitative estimate of drug-likeness (QED) is 0.324. The van der Waals surface area contributed by atoms with Gasteiger partial charge in [0, 0.05) is 42.3 Å². The van der Waals surface area contributed by atoms with Gasteiger partial charge in [0.2, 0.25) is 0 Å². The third kappa shape index (κ3) is 4.35. The van der Waals surface area contributed by atoms with Gasteiger partial charge < -0.3 is 20.1 Å². The van der Waals surface area contributed by atoms with E-state index in [2.05, 4.69) is 21.5 Å². The lowest BCUT2D eigenvalue weighted by Crippen LogP contribution is -2.44. The summed E-state index contributed by atoms with van der Waals surface area (Å²) in [6, 6.07) is 14.3. The second kappa shape index (κ2) is 9.82. The van der Waals surface area contributed by atoms with Gasteiger partial charge in [-0.25, -0.2) is 18.9 Å². The largest absolute Gasteiger partial charge is 0.365 e. The van der Waals surface area contributed by atoms with E-state index in [0.29, 0.717) is 16.4 Å². The summed E-state index contributed by atoms with van der Waals surface area (Å²) in [6.07, 6.45) is 7.19. The van der Waals surface area contributed by atoms with Crippen molar-refractivity contribution in [2.24, 2.45) is 5.73 Å². The number of amides is 1. The van der Waals surface area contributed by atoms with Gasteiger partial charge in [0.25, 0.3) is 5.91 Å². The van der Waals surface area contributed by atoms with E-state index in [4.69, 9.17) is 20.8 Å². The third-order valence-corrected chi connectivity index (χ3v) is 8.93. The SMILES string of the molecule is CC1=C(C(N)=O)SC(c2cccnc2)N1c1cn2nc(-c3c(-c4ccc(F)cc4)ncn3C3CN(C)C3)ccc2n1. The van der Waals surface area contributed by atoms with Gasteiger partial charge in [-0.3, -0.25) is 9.78 Å². The van der Waals surface area contributed by atoms with Crippen molar-refractivity contribution in [1.82, 2.24) is 34.0 Å². The molecule has 7 rings (SSSR count). The lowest BCUT2D eigenvalue weighted by molar-refractivity contribution is -0.113. The fourth-order valence-corrected chi connectivity index (χ4v) is 6.72. The molecule has 12 heteroatoms. The number of rotatable bonds is 6. The number of thioether (sulfide) groups is 1. The number of hydrogen-bond acceptors (Lipinski definition) is 8. The standard InChI is InChI=1S/C29H26FN9OS/c1-17-27(28(31)40)41-29(19-4-3-11-32-12-19)39(17)24-15-38-23(34-24)10-9-22(35-38)26-25(18-5-7-20(30)8-6-18)33-16-37(26)21-13-36(2)14-21/h3-12,15-16,21,29H,13-14H2,1-2H3,(H2,31,40). The Labute approximate surface area is 239 Å². The molecule has 10 nitrogen and oxygen atoms in total. The topological polar surface area (TPSA) is 110 Å². The summed E-state index contributed by atoms with van der Waals surface area (Å²) in [5.41, 5.74) is 11.2. The highest BCUT2D eigenvalue weighted by Crippen LogP contribution is 2.49. The molecule has 4 aromatic heterocycles. The molecular weight excluding hydrogens is 541 g/mol. The van der Waals surface area contributed by atoms with Crippen LogP contribution in [0.1, 0.15) is 23.9 Å². The number of hydrogen-bond donors (Lipinski definition) is 1. The first-order valence-corrected chi connectivity index (χ1v) is 14.0. The van der Waals surface area contributed by atoms with Gasteiger partial charge in [0.05, 0.1) is 34.9 Å². The second-order valence-electron chi connectivity index (χ2n) is 10.3. The molecule has 0 radical (unpaired) electrons. The molecule has 1 fully saturated rings. The number of likely N-dealkylation sites (tertiary alicyclic amines) is 1. The molecule has 6 heterocycles. The Balaban J connectivity index is 1.33. The van der Waals surface area contributed by atoms with E-state index in [-0.39, 0.29) is 17.2 Å². The number of primary amides is 1. The molecule has 41 heavy (non-hydrogen) atoms. The minimum atomic E-state index is -0.476. The smallest absolute Gasteiger partial charge is 0.256 e. The van der Waals surface area contributed by atoms with Gasteiger partial charge >= 0.3 is 0 Å². The molecule has 5 aromatic rings. The number of halogens is 1. The van der Waals surface area contributed by atoms with Crippen molar-refractivity contribution in [3.05, 3.63) is 95.4 Å². The van der Waals surface area contributed by atoms with Gasteiger partial charge in [-0.15, -0.1) is 0 Å². The number of carbonyl (C=O) groups is 1. The Kier molecular flexibility index (Phi) is 6.09. The number of aromatic nitrogens is 6. The minimum absolute atomic E-state index is 0.252. The van der Waals surface area contributed by atoms with E-state index < -0.39 is 5.91 Å². The minimum Gasteiger partial charge on any atom is -0.365 e. The van der Waals surface area contributed by atoms with Crippen molar-refractivity contribution in [3.63, 3.8) is 0 Å². The first-order chi connectivity index (χ1) is 19.9. The van der Waals surface area contributed by atoms with Crippen molar-refractivity contribution < 1.29 is 9.18 Å². The van der Waals surface area contributed by atoms with Crippen molar-refractivity contribution in [3.8, 4) is 22.6 Å². The van der Waals surface area contributed by atoms with E-state index in [0.717, 1.165) is 47.0 Å². The van der Waals surface area contributed by atoms with Crippen LogP contribution in [0.25, 0.3) is 28.3 Å². The molecule has 0 saturated carbocycles. The number of carbonyl (C=O) groups excluding carboxylic acids is 1. The van der Waals surface area contributed by atoms with Crippen molar-refractivity contribution in [1.29, 1.82) is 0 Å². The Morgan fingerprint density at radius 3 is 2.63 bits per heavy atom. The number of pyridine rings is 1. The predicted molar refractivity (Wildman–Crippen MR) is 155 cm³/mol. The molecule has 2 aliphatic heterocycles. The molecule has 2 aliphatic rings. The highest BCUT2D eigenvalue weighted by atomic mass is 32.2. The maximum Gasteiger partial charge on any atom is 0.256 e. The van der Waals surface area contributed by atoms with E-state index >= 15 is 0 Å². The summed E-state index contributed by atoms with van der Waals surface area (Å²) in [5, 5.41) is 4.71. The number of fused-ring (bicyclic) bond motifs is 1. The van der Waals surface area contributed by atoms with Crippen LogP contribution in [0.5, 0.6) is 0 Å². The predicted octanol–water partition coefficient (Wildman–Crippen LogP) is 4.25. The van der Waals surface area contributed by atoms with Crippen LogP contribution in [-0.4, -0.2) is 60.1 Å². The number of likely N-dealkylation sites (N-methyl/N-ethyl adjacent to an activating group) is 1. The summed E-state index contributed by atoms with van der Waals surface area (Å²) in [5.74, 6) is -0.136. The van der Waals surface area contributed by atoms with Gasteiger partial charge in [0.15, 0.2) is 11.5 Å². The highest BCUT2D eigenvalue weighted by Gasteiger charge is 2.36. The molecule has 1 aromatic carbocycles. The van der Waals surface area contributed by atoms with Crippen molar-refractivity contribution >= 4 is 29.1 Å². The zero-order valence-corrected chi connectivity index (χ0v) is 23.2. The Bertz CT molecular complexity index is 1810. The van der Waals surface area contributed by atoms with E-state index in [1.54, 1.807) is 29.0 Å². The van der Waals surface area contributed by atoms with Crippen LogP contribution in [0.4, 0.5) is 10.2 Å². The molecule has 2 N–H and O–H groups in total. The van der Waals surface area contributed by atoms with Crippen molar-refractivity contribution in [2.75, 3.05) is 25.0 Å². The lowest BCUT2D eigenvalue weighted by atomic mass is 10.1. The molecule has 0 bridgehead atoms. The number of nitrogens with two attached hydrogens (primary N) is 1. The van der Waals surface area contributed by atoms with Gasteiger partial charge in [-0.1, -0.05) is 17.8 Å². The van der Waals surface area contributed by atoms with Crippen LogP contribution >= 0.6 is 11.8 Å². The molecular formula is C29H26FN9OS. The van der Waals surface area contributed by atoms with Crippen molar-refractivity contribution in [2.45, 2.75) is 18.3 Å². The normalized spacial score (nSPS) is 17.9. The summed E-state index contributed by atoms with van der Waals surface area (Å²) >= 11 is 1.39. The molecule has 1 amide bonds. The summed E-state index contributed by atoms with van der Waals surface area (Å²) < 4.78 is 17.6. The maximum atomic E-state index is 13.7. The third-order valence-electron chi connectivity index (χ3n) is 7.49. The molecule has 1 atom stereocenters. The Morgan fingerprint density at radius 2 is 1.93 bits per heavy atom. The first kappa shape index (κ1) is 25.4. The van der Waals surface area contributed by atoms with Gasteiger partial charge in [0.1, 0.15) is 16.9 Å². The van der Waals surface area contributed by atoms with E-state index in [1.165, 1.54) is 23.9 Å². The lowest BCUT2D eigenvalue weighted by Gasteiger charge is -2.37.